The lowest BCUT2D eigenvalue weighted by atomic mass is 10.1. The van der Waals surface area contributed by atoms with Gasteiger partial charge in [0.15, 0.2) is 0 Å². The molecule has 1 aromatic carbocycles. The molecular formula is C15H17FN4O. The highest BCUT2D eigenvalue weighted by molar-refractivity contribution is 5.99. The Kier molecular flexibility index (Phi) is 4.49. The van der Waals surface area contributed by atoms with Crippen LogP contribution in [0.4, 0.5) is 10.1 Å². The fourth-order valence-electron chi connectivity index (χ4n) is 2.04. The van der Waals surface area contributed by atoms with Gasteiger partial charge in [-0.25, -0.2) is 4.39 Å². The number of nitrogens with zero attached hydrogens (tertiary/aromatic N) is 1. The van der Waals surface area contributed by atoms with Crippen LogP contribution in [0.25, 0.3) is 0 Å². The Bertz CT molecular complexity index is 660. The molecule has 110 valence electrons. The second-order valence-electron chi connectivity index (χ2n) is 4.73. The molecule has 21 heavy (non-hydrogen) atoms. The van der Waals surface area contributed by atoms with Crippen molar-refractivity contribution in [2.45, 2.75) is 19.9 Å². The molecule has 2 rings (SSSR count). The molecular weight excluding hydrogens is 271 g/mol. The predicted octanol–water partition coefficient (Wildman–Crippen LogP) is 2.31. The largest absolute Gasteiger partial charge is 0.345 e. The average molecular weight is 288 g/mol. The number of aryl methyl sites for hydroxylation is 1. The third-order valence-corrected chi connectivity index (χ3v) is 3.16. The number of pyridine rings is 1. The zero-order chi connectivity index (χ0) is 15.4. The van der Waals surface area contributed by atoms with Gasteiger partial charge < -0.3 is 10.7 Å². The minimum atomic E-state index is -0.467. The number of hydrogen-bond donors (Lipinski definition) is 3. The van der Waals surface area contributed by atoms with Crippen LogP contribution in [0.2, 0.25) is 0 Å². The molecule has 6 heteroatoms. The maximum absolute atomic E-state index is 13.7. The summed E-state index contributed by atoms with van der Waals surface area (Å²) in [6.07, 6.45) is 1.44. The number of carbonyl (C=O) groups is 1. The standard InChI is InChI=1S/C15H17FN4O/c1-9-7-14(20-17)12(8-18-9)15(21)19-10(2)11-5-3-4-6-13(11)16/h3-8,10H,17H2,1-2H3,(H,18,20)(H,19,21). The van der Waals surface area contributed by atoms with Crippen LogP contribution < -0.4 is 16.6 Å². The number of aromatic nitrogens is 1. The first-order chi connectivity index (χ1) is 10.0. The van der Waals surface area contributed by atoms with Crippen molar-refractivity contribution in [3.63, 3.8) is 0 Å². The van der Waals surface area contributed by atoms with Crippen molar-refractivity contribution in [1.29, 1.82) is 0 Å². The molecule has 0 radical (unpaired) electrons. The second-order valence-corrected chi connectivity index (χ2v) is 4.73. The first-order valence-corrected chi connectivity index (χ1v) is 6.51. The van der Waals surface area contributed by atoms with Crippen molar-refractivity contribution >= 4 is 11.6 Å². The average Bonchev–Trinajstić information content (AvgIpc) is 2.47. The SMILES string of the molecule is Cc1cc(NN)c(C(=O)NC(C)c2ccccc2F)cn1. The molecule has 0 saturated heterocycles. The molecule has 1 unspecified atom stereocenters. The number of anilines is 1. The predicted molar refractivity (Wildman–Crippen MR) is 79.1 cm³/mol. The monoisotopic (exact) mass is 288 g/mol. The number of halogens is 1. The summed E-state index contributed by atoms with van der Waals surface area (Å²) in [5, 5.41) is 2.73. The van der Waals surface area contributed by atoms with Crippen molar-refractivity contribution in [2.75, 3.05) is 5.43 Å². The Balaban J connectivity index is 2.20. The molecule has 0 aliphatic heterocycles. The summed E-state index contributed by atoms with van der Waals surface area (Å²) in [7, 11) is 0. The van der Waals surface area contributed by atoms with Gasteiger partial charge in [0.05, 0.1) is 17.3 Å². The van der Waals surface area contributed by atoms with Gasteiger partial charge >= 0.3 is 0 Å². The number of rotatable bonds is 4. The molecule has 0 fully saturated rings. The van der Waals surface area contributed by atoms with E-state index in [-0.39, 0.29) is 11.7 Å². The molecule has 4 N–H and O–H groups in total. The quantitative estimate of drug-likeness (QED) is 0.596. The fourth-order valence-corrected chi connectivity index (χ4v) is 2.04. The Morgan fingerprint density at radius 1 is 1.38 bits per heavy atom. The van der Waals surface area contributed by atoms with Crippen LogP contribution in [0.1, 0.15) is 34.6 Å². The van der Waals surface area contributed by atoms with Gasteiger partial charge in [0.1, 0.15) is 5.82 Å². The summed E-state index contributed by atoms with van der Waals surface area (Å²) in [5.41, 5.74) is 4.41. The molecule has 0 bridgehead atoms. The first kappa shape index (κ1) is 14.9. The summed E-state index contributed by atoms with van der Waals surface area (Å²) in [6.45, 7) is 3.51. The van der Waals surface area contributed by atoms with E-state index in [0.29, 0.717) is 16.8 Å². The van der Waals surface area contributed by atoms with Crippen molar-refractivity contribution in [2.24, 2.45) is 5.84 Å². The summed E-state index contributed by atoms with van der Waals surface area (Å²) in [6, 6.07) is 7.52. The fraction of sp³-hybridized carbons (Fsp3) is 0.200. The smallest absolute Gasteiger partial charge is 0.255 e. The van der Waals surface area contributed by atoms with Crippen LogP contribution in [0.5, 0.6) is 0 Å². The summed E-state index contributed by atoms with van der Waals surface area (Å²) >= 11 is 0. The number of hydrogen-bond acceptors (Lipinski definition) is 4. The van der Waals surface area contributed by atoms with Crippen LogP contribution in [-0.4, -0.2) is 10.9 Å². The van der Waals surface area contributed by atoms with E-state index < -0.39 is 6.04 Å². The van der Waals surface area contributed by atoms with E-state index in [1.807, 2.05) is 0 Å². The van der Waals surface area contributed by atoms with Crippen molar-refractivity contribution in [3.05, 3.63) is 59.2 Å². The van der Waals surface area contributed by atoms with Gasteiger partial charge in [0, 0.05) is 17.5 Å². The Morgan fingerprint density at radius 3 is 2.76 bits per heavy atom. The van der Waals surface area contributed by atoms with Crippen molar-refractivity contribution in [3.8, 4) is 0 Å². The highest BCUT2D eigenvalue weighted by atomic mass is 19.1. The number of amides is 1. The van der Waals surface area contributed by atoms with Gasteiger partial charge in [-0.3, -0.25) is 15.6 Å². The normalized spacial score (nSPS) is 11.8. The molecule has 0 saturated carbocycles. The van der Waals surface area contributed by atoms with Crippen molar-refractivity contribution < 1.29 is 9.18 Å². The molecule has 0 spiro atoms. The second kappa shape index (κ2) is 6.32. The van der Waals surface area contributed by atoms with Gasteiger partial charge in [0.2, 0.25) is 0 Å². The zero-order valence-corrected chi connectivity index (χ0v) is 11.9. The Hall–Kier alpha value is -2.47. The zero-order valence-electron chi connectivity index (χ0n) is 11.9. The number of carbonyl (C=O) groups excluding carboxylic acids is 1. The lowest BCUT2D eigenvalue weighted by Crippen LogP contribution is -2.28. The maximum Gasteiger partial charge on any atom is 0.255 e. The number of benzene rings is 1. The molecule has 1 amide bonds. The van der Waals surface area contributed by atoms with Gasteiger partial charge in [-0.1, -0.05) is 18.2 Å². The van der Waals surface area contributed by atoms with Crippen LogP contribution in [0, 0.1) is 12.7 Å². The van der Waals surface area contributed by atoms with Gasteiger partial charge in [-0.15, -0.1) is 0 Å². The molecule has 2 aromatic rings. The lowest BCUT2D eigenvalue weighted by molar-refractivity contribution is 0.0940. The van der Waals surface area contributed by atoms with Crippen LogP contribution in [0.15, 0.2) is 36.5 Å². The van der Waals surface area contributed by atoms with Crippen LogP contribution in [-0.2, 0) is 0 Å². The van der Waals surface area contributed by atoms with Crippen LogP contribution in [0.3, 0.4) is 0 Å². The molecule has 0 aliphatic carbocycles. The summed E-state index contributed by atoms with van der Waals surface area (Å²) < 4.78 is 13.7. The number of nitrogens with two attached hydrogens (primary N) is 1. The Morgan fingerprint density at radius 2 is 2.10 bits per heavy atom. The molecule has 5 nitrogen and oxygen atoms in total. The van der Waals surface area contributed by atoms with E-state index in [9.17, 15) is 9.18 Å². The van der Waals surface area contributed by atoms with E-state index in [2.05, 4.69) is 15.7 Å². The maximum atomic E-state index is 13.7. The summed E-state index contributed by atoms with van der Waals surface area (Å²) in [4.78, 5) is 16.3. The molecule has 0 aliphatic rings. The number of hydrazine groups is 1. The molecule has 1 aromatic heterocycles. The topological polar surface area (TPSA) is 80.0 Å². The molecule has 1 atom stereocenters. The highest BCUT2D eigenvalue weighted by Gasteiger charge is 2.17. The van der Waals surface area contributed by atoms with Gasteiger partial charge in [-0.2, -0.15) is 0 Å². The number of nitrogen functional groups attached to an aromatic ring is 1. The van der Waals surface area contributed by atoms with Gasteiger partial charge in [0.25, 0.3) is 5.91 Å². The van der Waals surface area contributed by atoms with E-state index in [1.165, 1.54) is 12.3 Å². The Labute approximate surface area is 122 Å². The van der Waals surface area contributed by atoms with Gasteiger partial charge in [-0.05, 0) is 26.0 Å². The lowest BCUT2D eigenvalue weighted by Gasteiger charge is -2.16. The minimum Gasteiger partial charge on any atom is -0.345 e. The van der Waals surface area contributed by atoms with E-state index >= 15 is 0 Å². The van der Waals surface area contributed by atoms with E-state index in [1.54, 1.807) is 38.1 Å². The number of nitrogens with one attached hydrogen (secondary N) is 2. The van der Waals surface area contributed by atoms with E-state index in [0.717, 1.165) is 5.69 Å². The van der Waals surface area contributed by atoms with Crippen LogP contribution >= 0.6 is 0 Å². The third kappa shape index (κ3) is 3.35. The van der Waals surface area contributed by atoms with E-state index in [4.69, 9.17) is 5.84 Å². The highest BCUT2D eigenvalue weighted by Crippen LogP contribution is 2.19. The summed E-state index contributed by atoms with van der Waals surface area (Å²) in [5.74, 6) is 4.68. The van der Waals surface area contributed by atoms with Crippen molar-refractivity contribution in [1.82, 2.24) is 10.3 Å². The first-order valence-electron chi connectivity index (χ1n) is 6.51. The minimum absolute atomic E-state index is 0.311. The molecule has 1 heterocycles. The third-order valence-electron chi connectivity index (χ3n) is 3.16.